The molecule has 1 aromatic carbocycles. The van der Waals surface area contributed by atoms with Gasteiger partial charge in [0, 0.05) is 13.0 Å². The molecule has 110 valence electrons. The number of amides is 1. The molecule has 0 bridgehead atoms. The van der Waals surface area contributed by atoms with Crippen LogP contribution in [0, 0.1) is 5.92 Å². The van der Waals surface area contributed by atoms with Crippen LogP contribution in [0.5, 0.6) is 5.75 Å². The number of carbonyl (C=O) groups is 1. The van der Waals surface area contributed by atoms with Crippen LogP contribution in [0.3, 0.4) is 0 Å². The molecular formula is C16H24N2O2. The number of rotatable bonds is 7. The summed E-state index contributed by atoms with van der Waals surface area (Å²) in [5.74, 6) is 1.69. The van der Waals surface area contributed by atoms with E-state index in [1.165, 1.54) is 6.42 Å². The van der Waals surface area contributed by atoms with Gasteiger partial charge in [-0.3, -0.25) is 4.79 Å². The van der Waals surface area contributed by atoms with Gasteiger partial charge in [0.15, 0.2) is 0 Å². The fourth-order valence-electron chi connectivity index (χ4n) is 2.46. The Balaban J connectivity index is 1.66. The summed E-state index contributed by atoms with van der Waals surface area (Å²) in [6.45, 7) is 5.39. The first kappa shape index (κ1) is 14.9. The van der Waals surface area contributed by atoms with Crippen molar-refractivity contribution in [2.75, 3.05) is 19.7 Å². The van der Waals surface area contributed by atoms with Gasteiger partial charge in [-0.25, -0.2) is 0 Å². The minimum absolute atomic E-state index is 0.144. The second-order valence-corrected chi connectivity index (χ2v) is 5.25. The van der Waals surface area contributed by atoms with Gasteiger partial charge in [0.05, 0.1) is 6.61 Å². The van der Waals surface area contributed by atoms with E-state index in [0.717, 1.165) is 30.8 Å². The summed E-state index contributed by atoms with van der Waals surface area (Å²) >= 11 is 0. The zero-order valence-corrected chi connectivity index (χ0v) is 12.2. The van der Waals surface area contributed by atoms with Gasteiger partial charge in [0.1, 0.15) is 5.75 Å². The molecule has 1 saturated heterocycles. The Hall–Kier alpha value is -1.55. The van der Waals surface area contributed by atoms with Crippen LogP contribution in [-0.2, 0) is 11.3 Å². The van der Waals surface area contributed by atoms with E-state index in [9.17, 15) is 4.79 Å². The van der Waals surface area contributed by atoms with Crippen molar-refractivity contribution in [3.63, 3.8) is 0 Å². The molecule has 1 fully saturated rings. The molecule has 1 heterocycles. The van der Waals surface area contributed by atoms with Gasteiger partial charge >= 0.3 is 0 Å². The molecule has 0 aliphatic carbocycles. The van der Waals surface area contributed by atoms with Gasteiger partial charge in [-0.15, -0.1) is 0 Å². The second kappa shape index (κ2) is 7.90. The standard InChI is InChI=1S/C16H24N2O2/c1-2-20-15-6-3-13(4-7-15)12-18-16(19)8-5-14-9-10-17-11-14/h3-4,6-7,14,17H,2,5,8-12H2,1H3,(H,18,19). The largest absolute Gasteiger partial charge is 0.494 e. The lowest BCUT2D eigenvalue weighted by Crippen LogP contribution is -2.23. The molecule has 1 aliphatic heterocycles. The highest BCUT2D eigenvalue weighted by Crippen LogP contribution is 2.14. The summed E-state index contributed by atoms with van der Waals surface area (Å²) < 4.78 is 5.39. The Kier molecular flexibility index (Phi) is 5.87. The zero-order valence-electron chi connectivity index (χ0n) is 12.2. The van der Waals surface area contributed by atoms with Crippen molar-refractivity contribution in [2.24, 2.45) is 5.92 Å². The van der Waals surface area contributed by atoms with Crippen LogP contribution >= 0.6 is 0 Å². The molecule has 20 heavy (non-hydrogen) atoms. The molecule has 0 saturated carbocycles. The van der Waals surface area contributed by atoms with Crippen LogP contribution in [0.2, 0.25) is 0 Å². The molecule has 0 spiro atoms. The Morgan fingerprint density at radius 1 is 1.40 bits per heavy atom. The van der Waals surface area contributed by atoms with Gasteiger partial charge in [0.2, 0.25) is 5.91 Å². The number of carbonyl (C=O) groups excluding carboxylic acids is 1. The van der Waals surface area contributed by atoms with Crippen LogP contribution in [0.4, 0.5) is 0 Å². The van der Waals surface area contributed by atoms with Crippen molar-refractivity contribution in [3.8, 4) is 5.75 Å². The summed E-state index contributed by atoms with van der Waals surface area (Å²) in [7, 11) is 0. The Morgan fingerprint density at radius 2 is 2.20 bits per heavy atom. The average molecular weight is 276 g/mol. The summed E-state index contributed by atoms with van der Waals surface area (Å²) in [5, 5.41) is 6.30. The van der Waals surface area contributed by atoms with Crippen LogP contribution in [0.15, 0.2) is 24.3 Å². The van der Waals surface area contributed by atoms with Gasteiger partial charge in [-0.2, -0.15) is 0 Å². The molecule has 1 amide bonds. The maximum absolute atomic E-state index is 11.8. The molecule has 2 N–H and O–H groups in total. The van der Waals surface area contributed by atoms with E-state index in [1.807, 2.05) is 31.2 Å². The molecular weight excluding hydrogens is 252 g/mol. The predicted octanol–water partition coefficient (Wildman–Crippen LogP) is 2.09. The van der Waals surface area contributed by atoms with E-state index in [-0.39, 0.29) is 5.91 Å². The topological polar surface area (TPSA) is 50.4 Å². The molecule has 0 aromatic heterocycles. The molecule has 1 aliphatic rings. The first-order valence-corrected chi connectivity index (χ1v) is 7.47. The SMILES string of the molecule is CCOc1ccc(CNC(=O)CCC2CCNC2)cc1. The third-order valence-electron chi connectivity index (χ3n) is 3.67. The molecule has 2 rings (SSSR count). The highest BCUT2D eigenvalue weighted by molar-refractivity contribution is 5.75. The van der Waals surface area contributed by atoms with E-state index < -0.39 is 0 Å². The van der Waals surface area contributed by atoms with Crippen molar-refractivity contribution in [1.29, 1.82) is 0 Å². The van der Waals surface area contributed by atoms with Crippen molar-refractivity contribution in [1.82, 2.24) is 10.6 Å². The van der Waals surface area contributed by atoms with E-state index >= 15 is 0 Å². The van der Waals surface area contributed by atoms with E-state index in [4.69, 9.17) is 4.74 Å². The lowest BCUT2D eigenvalue weighted by Gasteiger charge is -2.09. The smallest absolute Gasteiger partial charge is 0.220 e. The van der Waals surface area contributed by atoms with Gasteiger partial charge in [-0.05, 0) is 56.5 Å². The Bertz CT molecular complexity index is 411. The number of benzene rings is 1. The van der Waals surface area contributed by atoms with E-state index in [0.29, 0.717) is 25.5 Å². The fourth-order valence-corrected chi connectivity index (χ4v) is 2.46. The molecule has 1 aromatic rings. The van der Waals surface area contributed by atoms with Crippen LogP contribution < -0.4 is 15.4 Å². The van der Waals surface area contributed by atoms with Gasteiger partial charge < -0.3 is 15.4 Å². The number of hydrogen-bond donors (Lipinski definition) is 2. The molecule has 0 radical (unpaired) electrons. The third kappa shape index (κ3) is 4.85. The number of nitrogens with one attached hydrogen (secondary N) is 2. The monoisotopic (exact) mass is 276 g/mol. The highest BCUT2D eigenvalue weighted by Gasteiger charge is 2.15. The highest BCUT2D eigenvalue weighted by atomic mass is 16.5. The molecule has 4 heteroatoms. The number of hydrogen-bond acceptors (Lipinski definition) is 3. The maximum atomic E-state index is 11.8. The summed E-state index contributed by atoms with van der Waals surface area (Å²) in [6, 6.07) is 7.86. The van der Waals surface area contributed by atoms with Crippen molar-refractivity contribution < 1.29 is 9.53 Å². The average Bonchev–Trinajstić information content (AvgIpc) is 2.98. The van der Waals surface area contributed by atoms with Crippen molar-refractivity contribution in [3.05, 3.63) is 29.8 Å². The van der Waals surface area contributed by atoms with Gasteiger partial charge in [-0.1, -0.05) is 12.1 Å². The summed E-state index contributed by atoms with van der Waals surface area (Å²) in [6.07, 6.45) is 2.82. The minimum atomic E-state index is 0.144. The molecule has 1 atom stereocenters. The number of ether oxygens (including phenoxy) is 1. The zero-order chi connectivity index (χ0) is 14.2. The fraction of sp³-hybridized carbons (Fsp3) is 0.562. The van der Waals surface area contributed by atoms with E-state index in [1.54, 1.807) is 0 Å². The first-order valence-electron chi connectivity index (χ1n) is 7.47. The Labute approximate surface area is 120 Å². The lowest BCUT2D eigenvalue weighted by molar-refractivity contribution is -0.121. The summed E-state index contributed by atoms with van der Waals surface area (Å²) in [5.41, 5.74) is 1.10. The van der Waals surface area contributed by atoms with Gasteiger partial charge in [0.25, 0.3) is 0 Å². The first-order chi connectivity index (χ1) is 9.78. The lowest BCUT2D eigenvalue weighted by atomic mass is 10.0. The molecule has 1 unspecified atom stereocenters. The van der Waals surface area contributed by atoms with Crippen LogP contribution in [0.1, 0.15) is 31.7 Å². The summed E-state index contributed by atoms with van der Waals surface area (Å²) in [4.78, 5) is 11.8. The van der Waals surface area contributed by atoms with E-state index in [2.05, 4.69) is 10.6 Å². The van der Waals surface area contributed by atoms with Crippen molar-refractivity contribution in [2.45, 2.75) is 32.7 Å². The van der Waals surface area contributed by atoms with Crippen LogP contribution in [0.25, 0.3) is 0 Å². The normalized spacial score (nSPS) is 17.9. The second-order valence-electron chi connectivity index (χ2n) is 5.25. The van der Waals surface area contributed by atoms with Crippen molar-refractivity contribution >= 4 is 5.91 Å². The predicted molar refractivity (Wildman–Crippen MR) is 79.7 cm³/mol. The Morgan fingerprint density at radius 3 is 2.85 bits per heavy atom. The quantitative estimate of drug-likeness (QED) is 0.802. The van der Waals surface area contributed by atoms with Crippen LogP contribution in [-0.4, -0.2) is 25.6 Å². The molecule has 4 nitrogen and oxygen atoms in total. The minimum Gasteiger partial charge on any atom is -0.494 e. The maximum Gasteiger partial charge on any atom is 0.220 e. The third-order valence-corrected chi connectivity index (χ3v) is 3.67.